The zero-order chi connectivity index (χ0) is 23.6. The zero-order valence-corrected chi connectivity index (χ0v) is 17.3. The molecule has 1 aromatic carbocycles. The molecule has 1 saturated heterocycles. The number of hydrogen-bond donors (Lipinski definition) is 2. The second kappa shape index (κ2) is 8.94. The Balaban J connectivity index is 1.79. The van der Waals surface area contributed by atoms with Gasteiger partial charge in [0.1, 0.15) is 0 Å². The summed E-state index contributed by atoms with van der Waals surface area (Å²) in [6, 6.07) is 5.34. The number of alkyl halides is 3. The van der Waals surface area contributed by atoms with Gasteiger partial charge in [0, 0.05) is 11.1 Å². The number of amides is 3. The minimum Gasteiger partial charge on any atom is -0.385 e. The quantitative estimate of drug-likeness (QED) is 0.389. The lowest BCUT2D eigenvalue weighted by molar-refractivity contribution is -0.205. The van der Waals surface area contributed by atoms with Crippen LogP contribution in [0.15, 0.2) is 36.5 Å². The molecule has 2 unspecified atom stereocenters. The number of rotatable bonds is 5. The van der Waals surface area contributed by atoms with Crippen molar-refractivity contribution in [2.75, 3.05) is 5.73 Å². The Hall–Kier alpha value is -3.48. The summed E-state index contributed by atoms with van der Waals surface area (Å²) in [5.41, 5.74) is 6.22. The topological polar surface area (TPSA) is 132 Å². The fourth-order valence-corrected chi connectivity index (χ4v) is 3.91. The van der Waals surface area contributed by atoms with Crippen molar-refractivity contribution in [3.05, 3.63) is 47.0 Å². The Bertz CT molecular complexity index is 1040. The number of halogens is 3. The number of β-lactam (4-membered cyclic amide) rings is 1. The van der Waals surface area contributed by atoms with Gasteiger partial charge in [-0.25, -0.2) is 24.3 Å². The van der Waals surface area contributed by atoms with E-state index < -0.39 is 48.1 Å². The highest BCUT2D eigenvalue weighted by Gasteiger charge is 2.57. The number of nitrogens with two attached hydrogens (primary N) is 1. The van der Waals surface area contributed by atoms with Gasteiger partial charge in [0.2, 0.25) is 5.91 Å². The molecule has 0 saturated carbocycles. The number of esters is 2. The summed E-state index contributed by atoms with van der Waals surface area (Å²) in [5.74, 6) is -6.42. The van der Waals surface area contributed by atoms with Crippen molar-refractivity contribution in [3.8, 4) is 0 Å². The van der Waals surface area contributed by atoms with Crippen LogP contribution in [0.25, 0.3) is 0 Å². The number of thiazole rings is 1. The minimum atomic E-state index is -5.42. The van der Waals surface area contributed by atoms with Gasteiger partial charge in [0.25, 0.3) is 0 Å². The monoisotopic (exact) mass is 470 g/mol. The van der Waals surface area contributed by atoms with Crippen molar-refractivity contribution in [2.45, 2.75) is 31.6 Å². The molecule has 13 heteroatoms. The number of carbonyl (C=O) groups excluding carboxylic acids is 4. The Morgan fingerprint density at radius 1 is 1.28 bits per heavy atom. The highest BCUT2D eigenvalue weighted by atomic mass is 32.1. The standard InChI is InChI=1S/C19H17F3N4O5S/c1-9(10-5-3-2-4-6-10)25-18(30)26-13(15(28)31-16(29)19(20,21)22)12(14(26)27)7-11-8-24-17(23)32-11/h2-6,8-9,12-13H,7H2,1H3,(H2,23,24)(H,25,30)/t9-,12?,13?/m1/s1. The number of nitrogens with one attached hydrogen (secondary N) is 1. The summed E-state index contributed by atoms with van der Waals surface area (Å²) >= 11 is 1.01. The van der Waals surface area contributed by atoms with Gasteiger partial charge in [-0.1, -0.05) is 30.3 Å². The molecule has 3 atom stereocenters. The van der Waals surface area contributed by atoms with Crippen LogP contribution in [0.4, 0.5) is 23.1 Å². The normalized spacial score (nSPS) is 19.1. The molecule has 1 aromatic heterocycles. The van der Waals surface area contributed by atoms with Crippen molar-refractivity contribution in [2.24, 2.45) is 5.92 Å². The third kappa shape index (κ3) is 4.88. The minimum absolute atomic E-state index is 0.119. The molecule has 0 aliphatic carbocycles. The fourth-order valence-electron chi connectivity index (χ4n) is 3.17. The van der Waals surface area contributed by atoms with Crippen LogP contribution in [0.2, 0.25) is 0 Å². The molecule has 3 amide bonds. The molecule has 32 heavy (non-hydrogen) atoms. The number of anilines is 1. The average molecular weight is 470 g/mol. The molecule has 9 nitrogen and oxygen atoms in total. The van der Waals surface area contributed by atoms with Crippen LogP contribution in [0, 0.1) is 5.92 Å². The van der Waals surface area contributed by atoms with Crippen LogP contribution in [0.1, 0.15) is 23.4 Å². The van der Waals surface area contributed by atoms with Gasteiger partial charge in [0.15, 0.2) is 11.2 Å². The summed E-state index contributed by atoms with van der Waals surface area (Å²) in [4.78, 5) is 53.5. The number of aromatic nitrogens is 1. The lowest BCUT2D eigenvalue weighted by atomic mass is 9.84. The lowest BCUT2D eigenvalue weighted by Crippen LogP contribution is -2.69. The van der Waals surface area contributed by atoms with E-state index in [1.54, 1.807) is 37.3 Å². The molecular formula is C19H17F3N4O5S. The number of nitrogen functional groups attached to an aromatic ring is 1. The van der Waals surface area contributed by atoms with E-state index in [1.165, 1.54) is 6.20 Å². The van der Waals surface area contributed by atoms with Gasteiger partial charge in [-0.2, -0.15) is 13.2 Å². The van der Waals surface area contributed by atoms with Crippen LogP contribution in [-0.2, 0) is 25.5 Å². The van der Waals surface area contributed by atoms with Gasteiger partial charge >= 0.3 is 24.1 Å². The van der Waals surface area contributed by atoms with E-state index in [1.807, 2.05) is 0 Å². The summed E-state index contributed by atoms with van der Waals surface area (Å²) in [6.07, 6.45) is -4.19. The third-order valence-electron chi connectivity index (χ3n) is 4.73. The van der Waals surface area contributed by atoms with E-state index >= 15 is 0 Å². The Labute approximate surface area is 183 Å². The number of likely N-dealkylation sites (tertiary alicyclic amines) is 1. The number of hydrogen-bond acceptors (Lipinski definition) is 8. The summed E-state index contributed by atoms with van der Waals surface area (Å²) < 4.78 is 41.5. The molecule has 1 aliphatic rings. The zero-order valence-electron chi connectivity index (χ0n) is 16.5. The molecule has 1 fully saturated rings. The van der Waals surface area contributed by atoms with E-state index in [0.717, 1.165) is 11.3 Å². The van der Waals surface area contributed by atoms with Crippen LogP contribution in [0.5, 0.6) is 0 Å². The molecule has 2 heterocycles. The molecule has 0 radical (unpaired) electrons. The first-order valence-electron chi connectivity index (χ1n) is 9.20. The predicted molar refractivity (Wildman–Crippen MR) is 105 cm³/mol. The van der Waals surface area contributed by atoms with Crippen LogP contribution >= 0.6 is 11.3 Å². The lowest BCUT2D eigenvalue weighted by Gasteiger charge is -2.43. The first-order chi connectivity index (χ1) is 15.0. The smallest absolute Gasteiger partial charge is 0.385 e. The summed E-state index contributed by atoms with van der Waals surface area (Å²) in [5, 5.41) is 2.69. The number of urea groups is 1. The fraction of sp³-hybridized carbons (Fsp3) is 0.316. The second-order valence-electron chi connectivity index (χ2n) is 6.92. The third-order valence-corrected chi connectivity index (χ3v) is 5.58. The molecular weight excluding hydrogens is 453 g/mol. The van der Waals surface area contributed by atoms with E-state index in [0.29, 0.717) is 15.3 Å². The average Bonchev–Trinajstić information content (AvgIpc) is 3.14. The van der Waals surface area contributed by atoms with Crippen molar-refractivity contribution in [1.82, 2.24) is 15.2 Å². The van der Waals surface area contributed by atoms with Gasteiger partial charge in [0.05, 0.1) is 12.0 Å². The molecule has 3 rings (SSSR count). The Morgan fingerprint density at radius 2 is 1.94 bits per heavy atom. The first kappa shape index (κ1) is 23.2. The van der Waals surface area contributed by atoms with Gasteiger partial charge in [-0.15, -0.1) is 11.3 Å². The number of nitrogens with zero attached hydrogens (tertiary/aromatic N) is 2. The molecule has 0 bridgehead atoms. The van der Waals surface area contributed by atoms with E-state index in [-0.39, 0.29) is 11.6 Å². The Kier molecular flexibility index (Phi) is 6.48. The first-order valence-corrected chi connectivity index (χ1v) is 10.0. The van der Waals surface area contributed by atoms with Crippen molar-refractivity contribution >= 4 is 40.3 Å². The largest absolute Gasteiger partial charge is 0.491 e. The van der Waals surface area contributed by atoms with Crippen molar-refractivity contribution < 1.29 is 37.1 Å². The predicted octanol–water partition coefficient (Wildman–Crippen LogP) is 2.20. The van der Waals surface area contributed by atoms with E-state index in [4.69, 9.17) is 5.73 Å². The molecule has 3 N–H and O–H groups in total. The van der Waals surface area contributed by atoms with Gasteiger partial charge < -0.3 is 15.8 Å². The van der Waals surface area contributed by atoms with Crippen molar-refractivity contribution in [1.29, 1.82) is 0 Å². The van der Waals surface area contributed by atoms with Gasteiger partial charge in [-0.3, -0.25) is 4.79 Å². The maximum Gasteiger partial charge on any atom is 0.491 e. The summed E-state index contributed by atoms with van der Waals surface area (Å²) in [6.45, 7) is 1.62. The number of imide groups is 1. The SMILES string of the molecule is C[C@@H](NC(=O)N1C(=O)C(Cc2cnc(N)s2)C1C(=O)OC(=O)C(F)(F)F)c1ccccc1. The number of ether oxygens (including phenoxy) is 1. The van der Waals surface area contributed by atoms with Crippen LogP contribution < -0.4 is 11.1 Å². The second-order valence-corrected chi connectivity index (χ2v) is 8.06. The van der Waals surface area contributed by atoms with Crippen molar-refractivity contribution in [3.63, 3.8) is 0 Å². The van der Waals surface area contributed by atoms with Crippen LogP contribution in [0.3, 0.4) is 0 Å². The maximum atomic E-state index is 12.7. The highest BCUT2D eigenvalue weighted by molar-refractivity contribution is 7.15. The van der Waals surface area contributed by atoms with Gasteiger partial charge in [-0.05, 0) is 18.9 Å². The molecule has 1 aliphatic heterocycles. The number of carbonyl (C=O) groups is 4. The van der Waals surface area contributed by atoms with Crippen LogP contribution in [-0.4, -0.2) is 46.0 Å². The molecule has 0 spiro atoms. The highest BCUT2D eigenvalue weighted by Crippen LogP contribution is 2.34. The Morgan fingerprint density at radius 3 is 2.50 bits per heavy atom. The maximum absolute atomic E-state index is 12.7. The molecule has 170 valence electrons. The number of benzene rings is 1. The molecule has 2 aromatic rings. The van der Waals surface area contributed by atoms with E-state index in [9.17, 15) is 32.3 Å². The van der Waals surface area contributed by atoms with E-state index in [2.05, 4.69) is 15.0 Å². The summed E-state index contributed by atoms with van der Waals surface area (Å²) in [7, 11) is 0.